The molecule has 0 aliphatic carbocycles. The topological polar surface area (TPSA) is 92.8 Å². The van der Waals surface area contributed by atoms with Crippen molar-refractivity contribution in [2.24, 2.45) is 0 Å². The van der Waals surface area contributed by atoms with Gasteiger partial charge in [0.25, 0.3) is 5.91 Å². The van der Waals surface area contributed by atoms with Gasteiger partial charge < -0.3 is 10.1 Å². The zero-order chi connectivity index (χ0) is 20.0. The maximum absolute atomic E-state index is 12.6. The Morgan fingerprint density at radius 2 is 1.89 bits per heavy atom. The van der Waals surface area contributed by atoms with Crippen molar-refractivity contribution < 1.29 is 22.7 Å². The number of anilines is 1. The molecule has 0 fully saturated rings. The minimum absolute atomic E-state index is 0.0997. The quantitative estimate of drug-likeness (QED) is 0.676. The van der Waals surface area contributed by atoms with E-state index in [0.717, 1.165) is 0 Å². The summed E-state index contributed by atoms with van der Waals surface area (Å²) in [7, 11) is -3.63. The zero-order valence-electron chi connectivity index (χ0n) is 15.4. The lowest BCUT2D eigenvalue weighted by Gasteiger charge is -2.19. The van der Waals surface area contributed by atoms with E-state index in [-0.39, 0.29) is 4.90 Å². The Hall–Kier alpha value is -2.23. The highest BCUT2D eigenvalue weighted by Crippen LogP contribution is 2.23. The fourth-order valence-electron chi connectivity index (χ4n) is 2.39. The van der Waals surface area contributed by atoms with Crippen LogP contribution in [0.3, 0.4) is 0 Å². The number of hydrogen-bond donors (Lipinski definition) is 1. The second-order valence-electron chi connectivity index (χ2n) is 5.67. The molecule has 0 saturated heterocycles. The van der Waals surface area contributed by atoms with Gasteiger partial charge in [-0.05, 0) is 36.1 Å². The van der Waals surface area contributed by atoms with Crippen LogP contribution in [-0.4, -0.2) is 44.3 Å². The summed E-state index contributed by atoms with van der Waals surface area (Å²) in [5.74, 6) is -1.12. The van der Waals surface area contributed by atoms with E-state index in [2.05, 4.69) is 5.32 Å². The van der Waals surface area contributed by atoms with E-state index in [1.165, 1.54) is 27.8 Å². The van der Waals surface area contributed by atoms with Gasteiger partial charge >= 0.3 is 5.97 Å². The summed E-state index contributed by atoms with van der Waals surface area (Å²) in [5, 5.41) is 4.34. The average molecular weight is 411 g/mol. The number of esters is 1. The van der Waals surface area contributed by atoms with Gasteiger partial charge in [-0.3, -0.25) is 4.79 Å². The smallest absolute Gasteiger partial charge is 0.348 e. The van der Waals surface area contributed by atoms with Gasteiger partial charge in [0.05, 0.1) is 4.90 Å². The SMILES string of the molecule is CCN(CC)S(=O)(=O)c1ccc(C)c(NC(=O)COC(=O)c2cccs2)c1. The molecule has 0 aliphatic rings. The van der Waals surface area contributed by atoms with Gasteiger partial charge in [0.15, 0.2) is 6.61 Å². The van der Waals surface area contributed by atoms with Crippen LogP contribution in [0.2, 0.25) is 0 Å². The van der Waals surface area contributed by atoms with Crippen LogP contribution in [0.1, 0.15) is 29.1 Å². The molecule has 1 heterocycles. The zero-order valence-corrected chi connectivity index (χ0v) is 17.0. The molecule has 1 aromatic heterocycles. The number of carbonyl (C=O) groups is 2. The van der Waals surface area contributed by atoms with E-state index in [4.69, 9.17) is 4.74 Å². The molecule has 0 spiro atoms. The van der Waals surface area contributed by atoms with E-state index in [9.17, 15) is 18.0 Å². The number of thiophene rings is 1. The van der Waals surface area contributed by atoms with Crippen LogP contribution in [0.5, 0.6) is 0 Å². The molecular formula is C18H22N2O5S2. The number of nitrogens with one attached hydrogen (secondary N) is 1. The maximum atomic E-state index is 12.6. The first-order valence-corrected chi connectivity index (χ1v) is 10.7. The van der Waals surface area contributed by atoms with Crippen molar-refractivity contribution in [2.75, 3.05) is 25.0 Å². The molecule has 0 aliphatic heterocycles. The molecule has 0 saturated carbocycles. The van der Waals surface area contributed by atoms with Crippen molar-refractivity contribution >= 4 is 38.9 Å². The van der Waals surface area contributed by atoms with Crippen molar-refractivity contribution in [1.29, 1.82) is 0 Å². The van der Waals surface area contributed by atoms with Gasteiger partial charge in [-0.15, -0.1) is 11.3 Å². The summed E-state index contributed by atoms with van der Waals surface area (Å²) in [4.78, 5) is 24.4. The summed E-state index contributed by atoms with van der Waals surface area (Å²) in [5.41, 5.74) is 1.06. The molecule has 9 heteroatoms. The molecule has 0 unspecified atom stereocenters. The largest absolute Gasteiger partial charge is 0.451 e. The Bertz CT molecular complexity index is 904. The lowest BCUT2D eigenvalue weighted by atomic mass is 10.2. The third-order valence-electron chi connectivity index (χ3n) is 3.88. The summed E-state index contributed by atoms with van der Waals surface area (Å²) in [6.07, 6.45) is 0. The predicted octanol–water partition coefficient (Wildman–Crippen LogP) is 2.88. The maximum Gasteiger partial charge on any atom is 0.348 e. The van der Waals surface area contributed by atoms with E-state index in [1.54, 1.807) is 44.4 Å². The molecule has 1 amide bonds. The lowest BCUT2D eigenvalue weighted by molar-refractivity contribution is -0.119. The Kier molecular flexibility index (Phi) is 7.11. The summed E-state index contributed by atoms with van der Waals surface area (Å²) in [6, 6.07) is 7.88. The number of aryl methyl sites for hydroxylation is 1. The monoisotopic (exact) mass is 410 g/mol. The van der Waals surface area contributed by atoms with Crippen molar-refractivity contribution in [3.8, 4) is 0 Å². The minimum atomic E-state index is -3.63. The van der Waals surface area contributed by atoms with Crippen LogP contribution in [0.4, 0.5) is 5.69 Å². The first-order valence-electron chi connectivity index (χ1n) is 8.40. The average Bonchev–Trinajstić information content (AvgIpc) is 3.17. The fourth-order valence-corrected chi connectivity index (χ4v) is 4.49. The van der Waals surface area contributed by atoms with Crippen molar-refractivity contribution in [3.05, 3.63) is 46.2 Å². The number of nitrogens with zero attached hydrogens (tertiary/aromatic N) is 1. The van der Waals surface area contributed by atoms with E-state index >= 15 is 0 Å². The van der Waals surface area contributed by atoms with Gasteiger partial charge in [0, 0.05) is 18.8 Å². The lowest BCUT2D eigenvalue weighted by Crippen LogP contribution is -2.30. The first kappa shape index (κ1) is 21.1. The molecular weight excluding hydrogens is 388 g/mol. The third-order valence-corrected chi connectivity index (χ3v) is 6.78. The van der Waals surface area contributed by atoms with Gasteiger partial charge in [-0.2, -0.15) is 4.31 Å². The predicted molar refractivity (Wildman–Crippen MR) is 105 cm³/mol. The molecule has 146 valence electrons. The van der Waals surface area contributed by atoms with Gasteiger partial charge in [0.1, 0.15) is 4.88 Å². The summed E-state index contributed by atoms with van der Waals surface area (Å²) < 4.78 is 31.6. The number of rotatable bonds is 8. The Balaban J connectivity index is 2.10. The van der Waals surface area contributed by atoms with Crippen LogP contribution in [-0.2, 0) is 19.6 Å². The van der Waals surface area contributed by atoms with E-state index in [0.29, 0.717) is 29.2 Å². The van der Waals surface area contributed by atoms with Gasteiger partial charge in [-0.25, -0.2) is 13.2 Å². The molecule has 1 aromatic carbocycles. The molecule has 0 atom stereocenters. The molecule has 0 radical (unpaired) electrons. The van der Waals surface area contributed by atoms with Crippen molar-refractivity contribution in [1.82, 2.24) is 4.31 Å². The number of sulfonamides is 1. The second-order valence-corrected chi connectivity index (χ2v) is 8.55. The first-order chi connectivity index (χ1) is 12.8. The fraction of sp³-hybridized carbons (Fsp3) is 0.333. The Labute approximate surface area is 163 Å². The number of amides is 1. The molecule has 2 rings (SSSR count). The summed E-state index contributed by atoms with van der Waals surface area (Å²) >= 11 is 1.22. The third kappa shape index (κ3) is 5.15. The normalized spacial score (nSPS) is 11.4. The standard InChI is InChI=1S/C18H22N2O5S2/c1-4-20(5-2)27(23,24)14-9-8-13(3)15(11-14)19-17(21)12-25-18(22)16-7-6-10-26-16/h6-11H,4-5,12H2,1-3H3,(H,19,21). The van der Waals surface area contributed by atoms with E-state index < -0.39 is 28.5 Å². The molecule has 27 heavy (non-hydrogen) atoms. The second kappa shape index (κ2) is 9.12. The number of hydrogen-bond acceptors (Lipinski definition) is 6. The van der Waals surface area contributed by atoms with E-state index in [1.807, 2.05) is 0 Å². The molecule has 7 nitrogen and oxygen atoms in total. The van der Waals surface area contributed by atoms with Crippen LogP contribution in [0, 0.1) is 6.92 Å². The number of ether oxygens (including phenoxy) is 1. The van der Waals surface area contributed by atoms with Gasteiger partial charge in [-0.1, -0.05) is 26.0 Å². The van der Waals surface area contributed by atoms with Crippen LogP contribution >= 0.6 is 11.3 Å². The molecule has 0 bridgehead atoms. The number of carbonyl (C=O) groups excluding carboxylic acids is 2. The van der Waals surface area contributed by atoms with Gasteiger partial charge in [0.2, 0.25) is 10.0 Å². The van der Waals surface area contributed by atoms with Crippen LogP contribution < -0.4 is 5.32 Å². The Morgan fingerprint density at radius 3 is 2.48 bits per heavy atom. The highest BCUT2D eigenvalue weighted by Gasteiger charge is 2.22. The molecule has 2 aromatic rings. The molecule has 1 N–H and O–H groups in total. The highest BCUT2D eigenvalue weighted by atomic mass is 32.2. The Morgan fingerprint density at radius 1 is 1.19 bits per heavy atom. The summed E-state index contributed by atoms with van der Waals surface area (Å²) in [6.45, 7) is 5.53. The van der Waals surface area contributed by atoms with Crippen LogP contribution in [0.15, 0.2) is 40.6 Å². The van der Waals surface area contributed by atoms with Crippen molar-refractivity contribution in [3.63, 3.8) is 0 Å². The highest BCUT2D eigenvalue weighted by molar-refractivity contribution is 7.89. The van der Waals surface area contributed by atoms with Crippen molar-refractivity contribution in [2.45, 2.75) is 25.7 Å². The number of benzene rings is 1. The minimum Gasteiger partial charge on any atom is -0.451 e. The van der Waals surface area contributed by atoms with Crippen LogP contribution in [0.25, 0.3) is 0 Å².